The Morgan fingerprint density at radius 3 is 2.23 bits per heavy atom. The van der Waals surface area contributed by atoms with E-state index in [-0.39, 0.29) is 5.56 Å². The van der Waals surface area contributed by atoms with Gasteiger partial charge < -0.3 is 19.2 Å². The van der Waals surface area contributed by atoms with Crippen LogP contribution in [0.25, 0.3) is 22.4 Å². The van der Waals surface area contributed by atoms with Crippen molar-refractivity contribution in [2.24, 2.45) is 0 Å². The molecule has 0 saturated heterocycles. The van der Waals surface area contributed by atoms with Crippen LogP contribution in [0, 0.1) is 0 Å². The average Bonchev–Trinajstić information content (AvgIpc) is 3.08. The Kier molecular flexibility index (Phi) is 4.57. The number of nitrogens with one attached hydrogen (secondary N) is 1. The van der Waals surface area contributed by atoms with E-state index in [1.807, 2.05) is 0 Å². The molecule has 2 aromatic heterocycles. The zero-order valence-corrected chi connectivity index (χ0v) is 14.7. The van der Waals surface area contributed by atoms with Crippen LogP contribution in [-0.4, -0.2) is 47.8 Å². The number of ether oxygens (including phenoxy) is 3. The Morgan fingerprint density at radius 1 is 1.04 bits per heavy atom. The summed E-state index contributed by atoms with van der Waals surface area (Å²) in [5.74, 6) is 0.219. The Bertz CT molecular complexity index is 984. The minimum atomic E-state index is -0.618. The van der Waals surface area contributed by atoms with Crippen LogP contribution >= 0.6 is 0 Å². The third-order valence-electron chi connectivity index (χ3n) is 3.91. The molecule has 0 radical (unpaired) electrons. The Hall–Kier alpha value is -3.42. The molecule has 26 heavy (non-hydrogen) atoms. The summed E-state index contributed by atoms with van der Waals surface area (Å²) < 4.78 is 16.0. The van der Waals surface area contributed by atoms with Crippen molar-refractivity contribution in [1.29, 1.82) is 0 Å². The lowest BCUT2D eigenvalue weighted by Gasteiger charge is -2.13. The van der Waals surface area contributed by atoms with Gasteiger partial charge in [0.2, 0.25) is 11.5 Å². The number of hydrogen-bond donors (Lipinski definition) is 1. The first-order chi connectivity index (χ1) is 12.5. The van der Waals surface area contributed by atoms with Crippen molar-refractivity contribution in [3.63, 3.8) is 0 Å². The summed E-state index contributed by atoms with van der Waals surface area (Å²) in [5.41, 5.74) is 2.10. The molecule has 0 unspecified atom stereocenters. The smallest absolute Gasteiger partial charge is 0.232 e. The van der Waals surface area contributed by atoms with Crippen molar-refractivity contribution in [3.8, 4) is 28.5 Å². The molecule has 0 amide bonds. The van der Waals surface area contributed by atoms with Gasteiger partial charge in [0.05, 0.1) is 38.8 Å². The van der Waals surface area contributed by atoms with Crippen molar-refractivity contribution < 1.29 is 23.8 Å². The van der Waals surface area contributed by atoms with Gasteiger partial charge in [-0.1, -0.05) is 0 Å². The summed E-state index contributed by atoms with van der Waals surface area (Å²) in [5, 5.41) is 0. The number of rotatable bonds is 6. The summed E-state index contributed by atoms with van der Waals surface area (Å²) in [6.45, 7) is 1.22. The fourth-order valence-electron chi connectivity index (χ4n) is 2.62. The molecule has 0 aliphatic heterocycles. The number of H-pyrrole nitrogens is 1. The molecule has 2 heterocycles. The molecular formula is C18H17N3O5. The van der Waals surface area contributed by atoms with E-state index in [0.717, 1.165) is 0 Å². The van der Waals surface area contributed by atoms with Crippen molar-refractivity contribution >= 4 is 22.7 Å². The average molecular weight is 355 g/mol. The number of carbonyl (C=O) groups excluding carboxylic acids is 2. The van der Waals surface area contributed by atoms with Gasteiger partial charge in [-0.3, -0.25) is 9.59 Å². The van der Waals surface area contributed by atoms with Crippen LogP contribution in [0.5, 0.6) is 17.2 Å². The van der Waals surface area contributed by atoms with Crippen LogP contribution in [-0.2, 0) is 4.79 Å². The van der Waals surface area contributed by atoms with Crippen LogP contribution in [0.15, 0.2) is 24.5 Å². The topological polar surface area (TPSA) is 103 Å². The van der Waals surface area contributed by atoms with Gasteiger partial charge >= 0.3 is 0 Å². The van der Waals surface area contributed by atoms with E-state index in [1.54, 1.807) is 18.3 Å². The first-order valence-electron chi connectivity index (χ1n) is 7.70. The Labute approximate surface area is 149 Å². The number of aromatic nitrogens is 3. The minimum Gasteiger partial charge on any atom is -0.493 e. The van der Waals surface area contributed by atoms with Crippen LogP contribution < -0.4 is 14.2 Å². The molecule has 0 spiro atoms. The fraction of sp³-hybridized carbons (Fsp3) is 0.222. The highest BCUT2D eigenvalue weighted by atomic mass is 16.5. The number of hydrogen-bond acceptors (Lipinski definition) is 7. The standard InChI is InChI=1S/C18H17N3O5/c1-9(22)16(23)11-7-19-18-15(11)21-12(8-20-18)10-5-13(24-2)17(26-4)14(6-10)25-3/h5-8H,1-4H3,(H,19,20). The van der Waals surface area contributed by atoms with Gasteiger partial charge in [0.1, 0.15) is 5.52 Å². The van der Waals surface area contributed by atoms with Gasteiger partial charge in [-0.25, -0.2) is 9.97 Å². The normalized spacial score (nSPS) is 10.6. The van der Waals surface area contributed by atoms with Gasteiger partial charge in [0.25, 0.3) is 0 Å². The van der Waals surface area contributed by atoms with Crippen molar-refractivity contribution in [2.45, 2.75) is 6.92 Å². The summed E-state index contributed by atoms with van der Waals surface area (Å²) in [6, 6.07) is 3.46. The molecule has 8 nitrogen and oxygen atoms in total. The predicted molar refractivity (Wildman–Crippen MR) is 94.0 cm³/mol. The van der Waals surface area contributed by atoms with E-state index >= 15 is 0 Å². The highest BCUT2D eigenvalue weighted by molar-refractivity contribution is 6.44. The number of ketones is 2. The molecule has 0 saturated carbocycles. The SMILES string of the molecule is COc1cc(-c2cnc3[nH]cc(C(=O)C(C)=O)c3n2)cc(OC)c1OC. The minimum absolute atomic E-state index is 0.189. The van der Waals surface area contributed by atoms with E-state index in [4.69, 9.17) is 14.2 Å². The van der Waals surface area contributed by atoms with Gasteiger partial charge in [-0.05, 0) is 12.1 Å². The first kappa shape index (κ1) is 17.4. The highest BCUT2D eigenvalue weighted by Crippen LogP contribution is 2.40. The van der Waals surface area contributed by atoms with Crippen LogP contribution in [0.3, 0.4) is 0 Å². The van der Waals surface area contributed by atoms with E-state index in [0.29, 0.717) is 39.7 Å². The van der Waals surface area contributed by atoms with Gasteiger partial charge in [0.15, 0.2) is 22.9 Å². The monoisotopic (exact) mass is 355 g/mol. The number of Topliss-reactive ketones (excluding diaryl/α,β-unsaturated/α-hetero) is 2. The number of nitrogens with zero attached hydrogens (tertiary/aromatic N) is 2. The lowest BCUT2D eigenvalue weighted by molar-refractivity contribution is -0.113. The van der Waals surface area contributed by atoms with Gasteiger partial charge in [-0.2, -0.15) is 0 Å². The van der Waals surface area contributed by atoms with Crippen molar-refractivity contribution in [1.82, 2.24) is 15.0 Å². The second-order valence-electron chi connectivity index (χ2n) is 5.45. The molecule has 3 aromatic rings. The number of fused-ring (bicyclic) bond motifs is 1. The van der Waals surface area contributed by atoms with Gasteiger partial charge in [-0.15, -0.1) is 0 Å². The first-order valence-corrected chi connectivity index (χ1v) is 7.70. The maximum Gasteiger partial charge on any atom is 0.232 e. The van der Waals surface area contributed by atoms with Crippen LogP contribution in [0.4, 0.5) is 0 Å². The molecule has 0 aliphatic carbocycles. The molecule has 0 fully saturated rings. The maximum absolute atomic E-state index is 12.1. The molecule has 0 bridgehead atoms. The molecule has 1 aromatic carbocycles. The van der Waals surface area contributed by atoms with Gasteiger partial charge in [0, 0.05) is 18.7 Å². The molecule has 0 aliphatic rings. The maximum atomic E-state index is 12.1. The van der Waals surface area contributed by atoms with E-state index in [1.165, 1.54) is 34.4 Å². The van der Waals surface area contributed by atoms with Crippen molar-refractivity contribution in [2.75, 3.05) is 21.3 Å². The molecule has 3 rings (SSSR count). The largest absolute Gasteiger partial charge is 0.493 e. The Morgan fingerprint density at radius 2 is 1.69 bits per heavy atom. The Balaban J connectivity index is 2.18. The lowest BCUT2D eigenvalue weighted by atomic mass is 10.1. The fourth-order valence-corrected chi connectivity index (χ4v) is 2.62. The quantitative estimate of drug-likeness (QED) is 0.535. The molecule has 0 atom stereocenters. The summed E-state index contributed by atoms with van der Waals surface area (Å²) in [6.07, 6.45) is 2.99. The second-order valence-corrected chi connectivity index (χ2v) is 5.45. The zero-order valence-electron chi connectivity index (χ0n) is 14.7. The number of carbonyl (C=O) groups is 2. The highest BCUT2D eigenvalue weighted by Gasteiger charge is 2.20. The summed E-state index contributed by atoms with van der Waals surface area (Å²) in [7, 11) is 4.56. The summed E-state index contributed by atoms with van der Waals surface area (Å²) in [4.78, 5) is 35.1. The lowest BCUT2D eigenvalue weighted by Crippen LogP contribution is -2.09. The van der Waals surface area contributed by atoms with Crippen molar-refractivity contribution in [3.05, 3.63) is 30.1 Å². The predicted octanol–water partition coefficient (Wildman–Crippen LogP) is 2.42. The zero-order chi connectivity index (χ0) is 18.8. The summed E-state index contributed by atoms with van der Waals surface area (Å²) >= 11 is 0. The van der Waals surface area contributed by atoms with Crippen LogP contribution in [0.2, 0.25) is 0 Å². The second kappa shape index (κ2) is 6.83. The number of aromatic amines is 1. The molecule has 134 valence electrons. The van der Waals surface area contributed by atoms with E-state index in [9.17, 15) is 9.59 Å². The van der Waals surface area contributed by atoms with Crippen LogP contribution in [0.1, 0.15) is 17.3 Å². The van der Waals surface area contributed by atoms with E-state index in [2.05, 4.69) is 15.0 Å². The number of benzene rings is 1. The molecule has 8 heteroatoms. The third kappa shape index (κ3) is 2.85. The third-order valence-corrected chi connectivity index (χ3v) is 3.91. The van der Waals surface area contributed by atoms with E-state index < -0.39 is 11.6 Å². The molecule has 1 N–H and O–H groups in total. The molecular weight excluding hydrogens is 338 g/mol. The number of methoxy groups -OCH3 is 3.